The van der Waals surface area contributed by atoms with Crippen molar-refractivity contribution < 1.29 is 5.11 Å². The van der Waals surface area contributed by atoms with Gasteiger partial charge in [0.05, 0.1) is 5.02 Å². The van der Waals surface area contributed by atoms with E-state index in [2.05, 4.69) is 11.4 Å². The van der Waals surface area contributed by atoms with Crippen LogP contribution in [0.3, 0.4) is 0 Å². The van der Waals surface area contributed by atoms with Gasteiger partial charge >= 0.3 is 0 Å². The van der Waals surface area contributed by atoms with Crippen LogP contribution in [0.5, 0.6) is 5.75 Å². The van der Waals surface area contributed by atoms with E-state index >= 15 is 0 Å². The lowest BCUT2D eigenvalue weighted by molar-refractivity contribution is 0.390. The van der Waals surface area contributed by atoms with Crippen molar-refractivity contribution in [1.82, 2.24) is 5.32 Å². The predicted octanol–water partition coefficient (Wildman–Crippen LogP) is 3.74. The largest absolute Gasteiger partial charge is 0.506 e. The third-order valence-corrected chi connectivity index (χ3v) is 4.68. The maximum atomic E-state index is 10.3. The summed E-state index contributed by atoms with van der Waals surface area (Å²) in [5.74, 6) is 0.316. The zero-order valence-electron chi connectivity index (χ0n) is 10.6. The van der Waals surface area contributed by atoms with Crippen LogP contribution in [0.25, 0.3) is 0 Å². The molecule has 98 valence electrons. The molecule has 0 amide bonds. The fraction of sp³-hybridized carbons (Fsp3) is 0.600. The lowest BCUT2D eigenvalue weighted by Crippen LogP contribution is -2.27. The maximum absolute atomic E-state index is 10.3. The van der Waals surface area contributed by atoms with Crippen LogP contribution in [0, 0.1) is 0 Å². The molecular formula is C15H20ClNO. The molecule has 1 heterocycles. The van der Waals surface area contributed by atoms with Crippen molar-refractivity contribution in [3.63, 3.8) is 0 Å². The molecule has 18 heavy (non-hydrogen) atoms. The number of aromatic hydroxyl groups is 1. The average molecular weight is 266 g/mol. The van der Waals surface area contributed by atoms with E-state index in [9.17, 15) is 5.11 Å². The molecule has 1 aromatic rings. The van der Waals surface area contributed by atoms with E-state index in [1.54, 1.807) is 0 Å². The quantitative estimate of drug-likeness (QED) is 0.811. The summed E-state index contributed by atoms with van der Waals surface area (Å²) in [5, 5.41) is 14.4. The molecule has 0 spiro atoms. The molecule has 3 rings (SSSR count). The second kappa shape index (κ2) is 5.10. The summed E-state index contributed by atoms with van der Waals surface area (Å²) < 4.78 is 0. The van der Waals surface area contributed by atoms with Crippen molar-refractivity contribution in [1.29, 1.82) is 0 Å². The predicted molar refractivity (Wildman–Crippen MR) is 74.4 cm³/mol. The number of benzene rings is 1. The average Bonchev–Trinajstić information content (AvgIpc) is 2.44. The standard InChI is InChI=1S/C15H20ClNO/c16-14-11-6-2-1-5-10(11)9-12(15(14)18)13-7-3-4-8-17-13/h9,13,17-18H,1-8H2. The maximum Gasteiger partial charge on any atom is 0.139 e. The second-order valence-electron chi connectivity index (χ2n) is 5.48. The first-order chi connectivity index (χ1) is 8.77. The summed E-state index contributed by atoms with van der Waals surface area (Å²) in [6, 6.07) is 2.47. The third-order valence-electron chi connectivity index (χ3n) is 4.27. The van der Waals surface area contributed by atoms with Crippen LogP contribution in [0.4, 0.5) is 0 Å². The minimum absolute atomic E-state index is 0.281. The molecule has 1 aliphatic heterocycles. The number of piperidine rings is 1. The highest BCUT2D eigenvalue weighted by Gasteiger charge is 2.24. The van der Waals surface area contributed by atoms with Crippen LogP contribution < -0.4 is 5.32 Å². The number of hydrogen-bond acceptors (Lipinski definition) is 2. The van der Waals surface area contributed by atoms with Crippen LogP contribution in [0.2, 0.25) is 5.02 Å². The van der Waals surface area contributed by atoms with Gasteiger partial charge in [0.25, 0.3) is 0 Å². The van der Waals surface area contributed by atoms with Gasteiger partial charge in [0.1, 0.15) is 5.75 Å². The Morgan fingerprint density at radius 1 is 1.17 bits per heavy atom. The molecule has 0 bridgehead atoms. The summed E-state index contributed by atoms with van der Waals surface area (Å²) in [5.41, 5.74) is 3.55. The second-order valence-corrected chi connectivity index (χ2v) is 5.85. The normalized spacial score (nSPS) is 23.7. The van der Waals surface area contributed by atoms with Crippen molar-refractivity contribution in [2.45, 2.75) is 51.0 Å². The molecule has 2 aliphatic rings. The first kappa shape index (κ1) is 12.3. The topological polar surface area (TPSA) is 32.3 Å². The minimum Gasteiger partial charge on any atom is -0.506 e. The molecule has 0 saturated carbocycles. The smallest absolute Gasteiger partial charge is 0.139 e. The highest BCUT2D eigenvalue weighted by Crippen LogP contribution is 2.41. The van der Waals surface area contributed by atoms with Gasteiger partial charge in [-0.05, 0) is 56.2 Å². The van der Waals surface area contributed by atoms with Crippen LogP contribution in [0.15, 0.2) is 6.07 Å². The molecule has 1 atom stereocenters. The lowest BCUT2D eigenvalue weighted by Gasteiger charge is -2.27. The van der Waals surface area contributed by atoms with E-state index < -0.39 is 0 Å². The highest BCUT2D eigenvalue weighted by molar-refractivity contribution is 6.33. The van der Waals surface area contributed by atoms with Gasteiger partial charge in [0.2, 0.25) is 0 Å². The third kappa shape index (κ3) is 2.12. The van der Waals surface area contributed by atoms with E-state index in [1.807, 2.05) is 0 Å². The van der Waals surface area contributed by atoms with Crippen LogP contribution in [0.1, 0.15) is 54.8 Å². The van der Waals surface area contributed by atoms with Crippen LogP contribution in [-0.4, -0.2) is 11.7 Å². The zero-order valence-corrected chi connectivity index (χ0v) is 11.4. The van der Waals surface area contributed by atoms with Gasteiger partial charge in [-0.3, -0.25) is 0 Å². The van der Waals surface area contributed by atoms with E-state index in [0.717, 1.165) is 31.4 Å². The summed E-state index contributed by atoms with van der Waals surface area (Å²) in [6.07, 6.45) is 8.11. The molecule has 3 heteroatoms. The Balaban J connectivity index is 2.01. The van der Waals surface area contributed by atoms with Gasteiger partial charge in [-0.1, -0.05) is 24.1 Å². The number of fused-ring (bicyclic) bond motifs is 1. The number of phenolic OH excluding ortho intramolecular Hbond substituents is 1. The number of halogens is 1. The minimum atomic E-state index is 0.281. The molecule has 2 nitrogen and oxygen atoms in total. The van der Waals surface area contributed by atoms with Crippen molar-refractivity contribution in [2.75, 3.05) is 6.54 Å². The van der Waals surface area contributed by atoms with Gasteiger partial charge in [0.15, 0.2) is 0 Å². The Morgan fingerprint density at radius 3 is 2.78 bits per heavy atom. The first-order valence-corrected chi connectivity index (χ1v) is 7.41. The van der Waals surface area contributed by atoms with E-state index in [1.165, 1.54) is 36.8 Å². The highest BCUT2D eigenvalue weighted by atomic mass is 35.5. The molecular weight excluding hydrogens is 246 g/mol. The summed E-state index contributed by atoms with van der Waals surface area (Å²) >= 11 is 6.36. The number of nitrogens with one attached hydrogen (secondary N) is 1. The monoisotopic (exact) mass is 265 g/mol. The molecule has 1 aliphatic carbocycles. The summed E-state index contributed by atoms with van der Waals surface area (Å²) in [4.78, 5) is 0. The van der Waals surface area contributed by atoms with E-state index in [4.69, 9.17) is 11.6 Å². The fourth-order valence-corrected chi connectivity index (χ4v) is 3.57. The number of rotatable bonds is 1. The van der Waals surface area contributed by atoms with E-state index in [0.29, 0.717) is 10.8 Å². The summed E-state index contributed by atoms with van der Waals surface area (Å²) in [6.45, 7) is 1.04. The Morgan fingerprint density at radius 2 is 2.00 bits per heavy atom. The molecule has 0 radical (unpaired) electrons. The Bertz CT molecular complexity index is 452. The first-order valence-electron chi connectivity index (χ1n) is 7.04. The molecule has 2 N–H and O–H groups in total. The Kier molecular flexibility index (Phi) is 3.49. The number of hydrogen-bond donors (Lipinski definition) is 2. The van der Waals surface area contributed by atoms with Gasteiger partial charge in [-0.2, -0.15) is 0 Å². The SMILES string of the molecule is Oc1c(C2CCCCN2)cc2c(c1Cl)CCCC2. The van der Waals surface area contributed by atoms with Crippen molar-refractivity contribution >= 4 is 11.6 Å². The number of aryl methyl sites for hydroxylation is 1. The van der Waals surface area contributed by atoms with Gasteiger partial charge in [-0.15, -0.1) is 0 Å². The molecule has 1 unspecified atom stereocenters. The molecule has 1 aromatic carbocycles. The fourth-order valence-electron chi connectivity index (χ4n) is 3.25. The van der Waals surface area contributed by atoms with Crippen molar-refractivity contribution in [2.24, 2.45) is 0 Å². The van der Waals surface area contributed by atoms with Crippen LogP contribution in [-0.2, 0) is 12.8 Å². The zero-order chi connectivity index (χ0) is 12.5. The molecule has 0 aromatic heterocycles. The van der Waals surface area contributed by atoms with Gasteiger partial charge in [-0.25, -0.2) is 0 Å². The summed E-state index contributed by atoms with van der Waals surface area (Å²) in [7, 11) is 0. The Labute approximate surface area is 113 Å². The molecule has 1 saturated heterocycles. The van der Waals surface area contributed by atoms with E-state index in [-0.39, 0.29) is 6.04 Å². The van der Waals surface area contributed by atoms with Crippen molar-refractivity contribution in [3.8, 4) is 5.75 Å². The lowest BCUT2D eigenvalue weighted by atomic mass is 9.87. The molecule has 1 fully saturated rings. The Hall–Kier alpha value is -0.730. The van der Waals surface area contributed by atoms with Gasteiger partial charge < -0.3 is 10.4 Å². The van der Waals surface area contributed by atoms with Gasteiger partial charge in [0, 0.05) is 11.6 Å². The van der Waals surface area contributed by atoms with Crippen molar-refractivity contribution in [3.05, 3.63) is 27.8 Å². The van der Waals surface area contributed by atoms with Crippen LogP contribution >= 0.6 is 11.6 Å². The number of phenols is 1.